The molecule has 0 fully saturated rings. The van der Waals surface area contributed by atoms with Crippen LogP contribution in [0.1, 0.15) is 61.7 Å². The van der Waals surface area contributed by atoms with E-state index >= 15 is 4.39 Å². The van der Waals surface area contributed by atoms with Gasteiger partial charge in [0.25, 0.3) is 5.92 Å². The molecule has 0 aliphatic heterocycles. The maximum atomic E-state index is 15.0. The van der Waals surface area contributed by atoms with E-state index in [2.05, 4.69) is 20.6 Å². The zero-order valence-electron chi connectivity index (χ0n) is 19.8. The summed E-state index contributed by atoms with van der Waals surface area (Å²) in [6.07, 6.45) is 5.72. The number of aliphatic hydroxyl groups excluding tert-OH is 2. The van der Waals surface area contributed by atoms with Crippen LogP contribution in [0.3, 0.4) is 0 Å². The molecular formula is C25H29F3N4O3. The zero-order valence-corrected chi connectivity index (χ0v) is 19.8. The van der Waals surface area contributed by atoms with E-state index in [0.717, 1.165) is 17.2 Å². The Kier molecular flexibility index (Phi) is 8.29. The Hall–Kier alpha value is -3.24. The third-order valence-corrected chi connectivity index (χ3v) is 5.94. The van der Waals surface area contributed by atoms with Gasteiger partial charge in [0.15, 0.2) is 0 Å². The van der Waals surface area contributed by atoms with E-state index < -0.39 is 30.0 Å². The van der Waals surface area contributed by atoms with Gasteiger partial charge >= 0.3 is 0 Å². The number of hydrogen-bond donors (Lipinski definition) is 4. The van der Waals surface area contributed by atoms with E-state index in [9.17, 15) is 18.7 Å². The zero-order chi connectivity index (χ0) is 25.8. The topological polar surface area (TPSA) is 107 Å². The fourth-order valence-corrected chi connectivity index (χ4v) is 4.02. The Labute approximate surface area is 201 Å². The number of hydrogen-bond acceptors (Lipinski definition) is 6. The number of halogens is 3. The normalized spacial score (nSPS) is 17.5. The highest BCUT2D eigenvalue weighted by Crippen LogP contribution is 2.35. The molecule has 2 aromatic rings. The molecule has 0 saturated carbocycles. The third kappa shape index (κ3) is 6.07. The van der Waals surface area contributed by atoms with Gasteiger partial charge in [-0.1, -0.05) is 18.2 Å². The maximum absolute atomic E-state index is 15.0. The number of alkyl halides is 2. The van der Waals surface area contributed by atoms with Crippen LogP contribution in [0.2, 0.25) is 0 Å². The van der Waals surface area contributed by atoms with Crippen molar-refractivity contribution in [2.24, 2.45) is 0 Å². The number of aryl methyl sites for hydroxylation is 1. The molecular weight excluding hydrogens is 461 g/mol. The second-order valence-corrected chi connectivity index (χ2v) is 8.57. The molecule has 7 nitrogen and oxygen atoms in total. The Balaban J connectivity index is 2.03. The Morgan fingerprint density at radius 1 is 1.31 bits per heavy atom. The standard InChI is InChI=1S/C25H29F3N4O3/c1-14(17-7-9-18(35)10-8-17)11-20-23(29-13-34)31-16(3)32-24(20)30-15(2)19-5-4-6-21(22(19)26)25(27,28)12-33/h4-7,11,13,15,18,33,35H,8-10,12H2,1-3H3,(H2,29,30,31,32,34)/b14-11+/t15-,18?/m1/s1. The smallest absolute Gasteiger partial charge is 0.298 e. The van der Waals surface area contributed by atoms with Gasteiger partial charge in [0, 0.05) is 5.56 Å². The number of amides is 1. The second kappa shape index (κ2) is 11.0. The monoisotopic (exact) mass is 490 g/mol. The molecule has 2 atom stereocenters. The van der Waals surface area contributed by atoms with Crippen LogP contribution < -0.4 is 10.6 Å². The summed E-state index contributed by atoms with van der Waals surface area (Å²) < 4.78 is 43.0. The van der Waals surface area contributed by atoms with Gasteiger partial charge in [-0.05, 0) is 63.3 Å². The second-order valence-electron chi connectivity index (χ2n) is 8.57. The van der Waals surface area contributed by atoms with Crippen molar-refractivity contribution in [2.75, 3.05) is 17.2 Å². The average molecular weight is 491 g/mol. The molecule has 0 radical (unpaired) electrons. The van der Waals surface area contributed by atoms with Gasteiger partial charge in [0.1, 0.15) is 29.9 Å². The molecule has 35 heavy (non-hydrogen) atoms. The van der Waals surface area contributed by atoms with Crippen LogP contribution >= 0.6 is 0 Å². The number of allylic oxidation sites excluding steroid dienone is 2. The van der Waals surface area contributed by atoms with Gasteiger partial charge in [-0.25, -0.2) is 14.4 Å². The molecule has 1 heterocycles. The van der Waals surface area contributed by atoms with Crippen molar-refractivity contribution in [3.05, 3.63) is 63.8 Å². The Bertz CT molecular complexity index is 1150. The number of carbonyl (C=O) groups is 1. The largest absolute Gasteiger partial charge is 0.393 e. The van der Waals surface area contributed by atoms with E-state index in [1.165, 1.54) is 12.1 Å². The minimum Gasteiger partial charge on any atom is -0.393 e. The first-order chi connectivity index (χ1) is 16.6. The van der Waals surface area contributed by atoms with Crippen molar-refractivity contribution >= 4 is 24.1 Å². The minimum atomic E-state index is -3.72. The van der Waals surface area contributed by atoms with Crippen LogP contribution in [-0.2, 0) is 10.7 Å². The molecule has 10 heteroatoms. The van der Waals surface area contributed by atoms with Gasteiger partial charge in [0.05, 0.1) is 23.3 Å². The van der Waals surface area contributed by atoms with Crippen molar-refractivity contribution in [3.8, 4) is 0 Å². The lowest BCUT2D eigenvalue weighted by molar-refractivity contribution is -0.105. The third-order valence-electron chi connectivity index (χ3n) is 5.94. The lowest BCUT2D eigenvalue weighted by Gasteiger charge is -2.22. The number of benzene rings is 1. The van der Waals surface area contributed by atoms with Crippen LogP contribution in [0.4, 0.5) is 24.8 Å². The predicted octanol–water partition coefficient (Wildman–Crippen LogP) is 4.62. The van der Waals surface area contributed by atoms with Crippen molar-refractivity contribution in [1.82, 2.24) is 9.97 Å². The van der Waals surface area contributed by atoms with Crippen molar-refractivity contribution in [1.29, 1.82) is 0 Å². The van der Waals surface area contributed by atoms with Crippen molar-refractivity contribution in [3.63, 3.8) is 0 Å². The molecule has 1 amide bonds. The van der Waals surface area contributed by atoms with Gasteiger partial charge in [-0.15, -0.1) is 0 Å². The quantitative estimate of drug-likeness (QED) is 0.382. The van der Waals surface area contributed by atoms with Crippen LogP contribution in [0.15, 0.2) is 35.4 Å². The predicted molar refractivity (Wildman–Crippen MR) is 127 cm³/mol. The van der Waals surface area contributed by atoms with Gasteiger partial charge < -0.3 is 20.8 Å². The molecule has 0 bridgehead atoms. The fraction of sp³-hybridized carbons (Fsp3) is 0.400. The van der Waals surface area contributed by atoms with Gasteiger partial charge in [-0.2, -0.15) is 8.78 Å². The summed E-state index contributed by atoms with van der Waals surface area (Å²) in [5.41, 5.74) is 1.43. The molecule has 188 valence electrons. The highest BCUT2D eigenvalue weighted by atomic mass is 19.3. The summed E-state index contributed by atoms with van der Waals surface area (Å²) in [5.74, 6) is -4.00. The molecule has 0 saturated heterocycles. The van der Waals surface area contributed by atoms with E-state index in [0.29, 0.717) is 37.1 Å². The first kappa shape index (κ1) is 26.4. The van der Waals surface area contributed by atoms with Crippen LogP contribution in [-0.4, -0.2) is 39.3 Å². The number of nitrogens with zero attached hydrogens (tertiary/aromatic N) is 2. The van der Waals surface area contributed by atoms with E-state index in [4.69, 9.17) is 5.11 Å². The fourth-order valence-electron chi connectivity index (χ4n) is 4.02. The van der Waals surface area contributed by atoms with E-state index in [1.807, 2.05) is 13.0 Å². The average Bonchev–Trinajstić information content (AvgIpc) is 2.81. The van der Waals surface area contributed by atoms with Crippen LogP contribution in [0.5, 0.6) is 0 Å². The molecule has 1 aliphatic carbocycles. The summed E-state index contributed by atoms with van der Waals surface area (Å²) >= 11 is 0. The maximum Gasteiger partial charge on any atom is 0.298 e. The van der Waals surface area contributed by atoms with Crippen molar-refractivity contribution in [2.45, 2.75) is 58.1 Å². The number of rotatable bonds is 9. The minimum absolute atomic E-state index is 0.0348. The molecule has 4 N–H and O–H groups in total. The highest BCUT2D eigenvalue weighted by molar-refractivity contribution is 5.82. The molecule has 1 aromatic carbocycles. The summed E-state index contributed by atoms with van der Waals surface area (Å²) in [5, 5.41) is 24.4. The lowest BCUT2D eigenvalue weighted by atomic mass is 9.92. The Morgan fingerprint density at radius 2 is 2.03 bits per heavy atom. The first-order valence-electron chi connectivity index (χ1n) is 11.3. The number of aromatic nitrogens is 2. The molecule has 1 aliphatic rings. The highest BCUT2D eigenvalue weighted by Gasteiger charge is 2.35. The number of aliphatic hydroxyl groups is 2. The number of carbonyl (C=O) groups excluding carboxylic acids is 1. The van der Waals surface area contributed by atoms with Gasteiger partial charge in [0.2, 0.25) is 6.41 Å². The van der Waals surface area contributed by atoms with Crippen molar-refractivity contribution < 1.29 is 28.2 Å². The number of anilines is 2. The summed E-state index contributed by atoms with van der Waals surface area (Å²) in [7, 11) is 0. The molecule has 1 aromatic heterocycles. The van der Waals surface area contributed by atoms with E-state index in [1.54, 1.807) is 19.9 Å². The van der Waals surface area contributed by atoms with Crippen LogP contribution in [0, 0.1) is 12.7 Å². The SMILES string of the molecule is C/C(=C\c1c(NC=O)nc(C)nc1N[C@H](C)c1cccc(C(F)(F)CO)c1F)C1=CCC(O)CC1. The van der Waals surface area contributed by atoms with Gasteiger partial charge in [-0.3, -0.25) is 4.79 Å². The summed E-state index contributed by atoms with van der Waals surface area (Å²) in [6.45, 7) is 3.60. The lowest BCUT2D eigenvalue weighted by Crippen LogP contribution is -2.22. The summed E-state index contributed by atoms with van der Waals surface area (Å²) in [6, 6.07) is 2.82. The molecule has 1 unspecified atom stereocenters. The summed E-state index contributed by atoms with van der Waals surface area (Å²) in [4.78, 5) is 19.9. The number of nitrogens with one attached hydrogen (secondary N) is 2. The Morgan fingerprint density at radius 3 is 2.66 bits per heavy atom. The molecule has 0 spiro atoms. The molecule has 3 rings (SSSR count). The van der Waals surface area contributed by atoms with E-state index in [-0.39, 0.29) is 23.3 Å². The first-order valence-corrected chi connectivity index (χ1v) is 11.3. The van der Waals surface area contributed by atoms with Crippen LogP contribution in [0.25, 0.3) is 6.08 Å².